The van der Waals surface area contributed by atoms with Crippen molar-refractivity contribution in [2.75, 3.05) is 11.5 Å². The lowest BCUT2D eigenvalue weighted by Crippen LogP contribution is -2.21. The van der Waals surface area contributed by atoms with Crippen molar-refractivity contribution in [2.24, 2.45) is 5.41 Å². The quantitative estimate of drug-likeness (QED) is 0.558. The van der Waals surface area contributed by atoms with Crippen molar-refractivity contribution >= 4 is 11.8 Å². The fourth-order valence-corrected chi connectivity index (χ4v) is 2.95. The van der Waals surface area contributed by atoms with Gasteiger partial charge in [-0.25, -0.2) is 0 Å². The highest BCUT2D eigenvalue weighted by Gasteiger charge is 2.34. The van der Waals surface area contributed by atoms with Crippen LogP contribution in [0.3, 0.4) is 0 Å². The van der Waals surface area contributed by atoms with Crippen molar-refractivity contribution in [3.05, 3.63) is 18.1 Å². The Labute approximate surface area is 67.1 Å². The summed E-state index contributed by atoms with van der Waals surface area (Å²) in [5.74, 6) is 2.73. The molecule has 0 N–H and O–H groups in total. The number of hydrogen-bond acceptors (Lipinski definition) is 1. The van der Waals surface area contributed by atoms with Gasteiger partial charge in [0.1, 0.15) is 0 Å². The molecule has 2 rings (SSSR count). The summed E-state index contributed by atoms with van der Waals surface area (Å²) >= 11 is 2.10. The van der Waals surface area contributed by atoms with E-state index >= 15 is 0 Å². The molecule has 0 spiro atoms. The van der Waals surface area contributed by atoms with Crippen molar-refractivity contribution < 1.29 is 0 Å². The van der Waals surface area contributed by atoms with Crippen molar-refractivity contribution in [3.8, 4) is 0 Å². The summed E-state index contributed by atoms with van der Waals surface area (Å²) in [6.45, 7) is 2.40. The predicted molar refractivity (Wildman–Crippen MR) is 47.0 cm³/mol. The van der Waals surface area contributed by atoms with Gasteiger partial charge in [-0.15, -0.1) is 0 Å². The molecule has 0 nitrogen and oxygen atoms in total. The Kier molecular flexibility index (Phi) is 1.56. The van der Waals surface area contributed by atoms with E-state index in [9.17, 15) is 0 Å². The molecule has 1 fully saturated rings. The van der Waals surface area contributed by atoms with Crippen LogP contribution in [-0.4, -0.2) is 11.5 Å². The molecule has 0 unspecified atom stereocenters. The molecule has 10 heavy (non-hydrogen) atoms. The van der Waals surface area contributed by atoms with Gasteiger partial charge in [-0.05, 0) is 29.8 Å². The van der Waals surface area contributed by atoms with E-state index in [-0.39, 0.29) is 0 Å². The smallest absolute Gasteiger partial charge is 0.00861 e. The maximum absolute atomic E-state index is 2.40. The minimum atomic E-state index is 0.575. The Hall–Kier alpha value is 0.0900. The zero-order valence-corrected chi connectivity index (χ0v) is 7.21. The van der Waals surface area contributed by atoms with Gasteiger partial charge in [0.05, 0.1) is 0 Å². The largest absolute Gasteiger partial charge is 0.162 e. The fourth-order valence-electron chi connectivity index (χ4n) is 1.55. The fraction of sp³-hybridized carbons (Fsp3) is 0.667. The summed E-state index contributed by atoms with van der Waals surface area (Å²) in [5, 5.41) is 0. The lowest BCUT2D eigenvalue weighted by Gasteiger charge is -2.31. The van der Waals surface area contributed by atoms with Crippen LogP contribution in [0.1, 0.15) is 19.8 Å². The van der Waals surface area contributed by atoms with Gasteiger partial charge in [0.15, 0.2) is 0 Å². The van der Waals surface area contributed by atoms with Gasteiger partial charge in [0.2, 0.25) is 0 Å². The summed E-state index contributed by atoms with van der Waals surface area (Å²) in [4.78, 5) is 0. The van der Waals surface area contributed by atoms with Crippen LogP contribution in [0.2, 0.25) is 0 Å². The standard InChI is InChI=1S/C9H13S/c1-9(8-2-3-8)4-6-10-7-5-9/h2-3H,4-7H2,1H3. The molecule has 1 heteroatoms. The maximum Gasteiger partial charge on any atom is 0.00861 e. The third kappa shape index (κ3) is 1.12. The molecule has 0 amide bonds. The van der Waals surface area contributed by atoms with Crippen molar-refractivity contribution in [1.29, 1.82) is 0 Å². The molecule has 0 atom stereocenters. The van der Waals surface area contributed by atoms with Gasteiger partial charge >= 0.3 is 0 Å². The molecule has 0 saturated carbocycles. The first-order valence-electron chi connectivity index (χ1n) is 3.95. The molecule has 0 aromatic rings. The summed E-state index contributed by atoms with van der Waals surface area (Å²) in [6.07, 6.45) is 7.33. The van der Waals surface area contributed by atoms with Crippen molar-refractivity contribution in [2.45, 2.75) is 19.8 Å². The third-order valence-corrected chi connectivity index (χ3v) is 3.61. The van der Waals surface area contributed by atoms with Gasteiger partial charge < -0.3 is 0 Å². The summed E-state index contributed by atoms with van der Waals surface area (Å²) in [7, 11) is 0. The monoisotopic (exact) mass is 153 g/mol. The number of hydrogen-bond donors (Lipinski definition) is 0. The third-order valence-electron chi connectivity index (χ3n) is 2.63. The summed E-state index contributed by atoms with van der Waals surface area (Å²) in [5.41, 5.74) is 2.19. The van der Waals surface area contributed by atoms with Crippen molar-refractivity contribution in [3.63, 3.8) is 0 Å². The second-order valence-corrected chi connectivity index (χ2v) is 4.69. The first kappa shape index (κ1) is 6.78. The Morgan fingerprint density at radius 2 is 2.00 bits per heavy atom. The van der Waals surface area contributed by atoms with Crippen LogP contribution in [0.4, 0.5) is 0 Å². The Morgan fingerprint density at radius 1 is 1.40 bits per heavy atom. The van der Waals surface area contributed by atoms with Gasteiger partial charge in [0, 0.05) is 6.42 Å². The Balaban J connectivity index is 2.04. The van der Waals surface area contributed by atoms with Crippen LogP contribution in [0.5, 0.6) is 0 Å². The van der Waals surface area contributed by atoms with Crippen LogP contribution >= 0.6 is 11.8 Å². The minimum absolute atomic E-state index is 0.575. The first-order chi connectivity index (χ1) is 4.81. The van der Waals surface area contributed by atoms with E-state index in [1.165, 1.54) is 24.3 Å². The summed E-state index contributed by atoms with van der Waals surface area (Å²) < 4.78 is 0. The Morgan fingerprint density at radius 3 is 2.50 bits per heavy atom. The van der Waals surface area contributed by atoms with Crippen LogP contribution in [0.15, 0.2) is 11.6 Å². The maximum atomic E-state index is 2.40. The average Bonchev–Trinajstić information content (AvgIpc) is 2.69. The normalized spacial score (nSPS) is 29.5. The highest BCUT2D eigenvalue weighted by molar-refractivity contribution is 7.99. The molecule has 1 heterocycles. The molecule has 0 aromatic carbocycles. The molecule has 55 valence electrons. The number of allylic oxidation sites excluding steroid dienone is 2. The van der Waals surface area contributed by atoms with E-state index in [0.717, 1.165) is 0 Å². The molecule has 1 aliphatic carbocycles. The average molecular weight is 153 g/mol. The van der Waals surface area contributed by atoms with Gasteiger partial charge in [-0.1, -0.05) is 18.6 Å². The minimum Gasteiger partial charge on any atom is -0.162 e. The number of thioether (sulfide) groups is 1. The van der Waals surface area contributed by atoms with E-state index in [2.05, 4.69) is 31.2 Å². The van der Waals surface area contributed by atoms with Crippen LogP contribution in [0, 0.1) is 11.8 Å². The van der Waals surface area contributed by atoms with Crippen LogP contribution in [-0.2, 0) is 0 Å². The molecule has 0 aromatic heterocycles. The van der Waals surface area contributed by atoms with E-state index in [0.29, 0.717) is 5.41 Å². The van der Waals surface area contributed by atoms with Gasteiger partial charge in [-0.3, -0.25) is 0 Å². The number of rotatable bonds is 1. The van der Waals surface area contributed by atoms with Crippen LogP contribution in [0.25, 0.3) is 0 Å². The SMILES string of the molecule is CC1(C2=C[CH]2)CCSCC1. The van der Waals surface area contributed by atoms with Gasteiger partial charge in [-0.2, -0.15) is 11.8 Å². The molecule has 1 aliphatic heterocycles. The lowest BCUT2D eigenvalue weighted by atomic mass is 9.81. The lowest BCUT2D eigenvalue weighted by molar-refractivity contribution is 0.382. The molecule has 2 aliphatic rings. The van der Waals surface area contributed by atoms with Gasteiger partial charge in [0.25, 0.3) is 0 Å². The van der Waals surface area contributed by atoms with Crippen LogP contribution < -0.4 is 0 Å². The first-order valence-corrected chi connectivity index (χ1v) is 5.10. The highest BCUT2D eigenvalue weighted by Crippen LogP contribution is 2.46. The summed E-state index contributed by atoms with van der Waals surface area (Å²) in [6, 6.07) is 0. The second kappa shape index (κ2) is 2.30. The Bertz CT molecular complexity index is 164. The van der Waals surface area contributed by atoms with E-state index in [1.807, 2.05) is 0 Å². The molecular formula is C9H13S. The van der Waals surface area contributed by atoms with E-state index in [1.54, 1.807) is 5.57 Å². The highest BCUT2D eigenvalue weighted by atomic mass is 32.2. The zero-order valence-electron chi connectivity index (χ0n) is 6.39. The van der Waals surface area contributed by atoms with E-state index < -0.39 is 0 Å². The van der Waals surface area contributed by atoms with E-state index in [4.69, 9.17) is 0 Å². The molecule has 1 saturated heterocycles. The molecule has 0 bridgehead atoms. The molecular weight excluding hydrogens is 140 g/mol. The van der Waals surface area contributed by atoms with Crippen molar-refractivity contribution in [1.82, 2.24) is 0 Å². The zero-order chi connectivity index (χ0) is 7.03. The molecule has 1 radical (unpaired) electrons. The second-order valence-electron chi connectivity index (χ2n) is 3.46. The topological polar surface area (TPSA) is 0 Å². The predicted octanol–water partition coefficient (Wildman–Crippen LogP) is 2.66.